The van der Waals surface area contributed by atoms with E-state index in [0.29, 0.717) is 37.2 Å². The van der Waals surface area contributed by atoms with Gasteiger partial charge in [0.05, 0.1) is 16.9 Å². The third-order valence-electron chi connectivity index (χ3n) is 10.0. The summed E-state index contributed by atoms with van der Waals surface area (Å²) in [5.41, 5.74) is 2.64. The number of hydrogen-bond donors (Lipinski definition) is 3. The van der Waals surface area contributed by atoms with Gasteiger partial charge in [-0.05, 0) is 62.1 Å². The summed E-state index contributed by atoms with van der Waals surface area (Å²) in [6.45, 7) is 2.10. The molecule has 3 fully saturated rings. The molecule has 7 rings (SSSR count). The van der Waals surface area contributed by atoms with E-state index in [1.807, 2.05) is 55.5 Å². The van der Waals surface area contributed by atoms with Gasteiger partial charge in [-0.3, -0.25) is 28.9 Å². The Morgan fingerprint density at radius 1 is 1.00 bits per heavy atom. The molecule has 2 aliphatic heterocycles. The number of anilines is 1. The van der Waals surface area contributed by atoms with E-state index in [2.05, 4.69) is 10.3 Å². The molecular weight excluding hydrogens is 627 g/mol. The number of benzene rings is 2. The number of fused-ring (bicyclic) bond motifs is 9. The molecule has 3 N–H and O–H groups in total. The number of thioether (sulfide) groups is 1. The fraction of sp³-hybridized carbons (Fsp3) is 0.441. The van der Waals surface area contributed by atoms with Gasteiger partial charge in [0.15, 0.2) is 6.61 Å². The Bertz CT molecular complexity index is 1750. The number of ether oxygens (including phenoxy) is 1. The quantitative estimate of drug-likeness (QED) is 0.195. The molecule has 4 aliphatic rings. The lowest BCUT2D eigenvalue weighted by molar-refractivity contribution is -0.141. The van der Waals surface area contributed by atoms with Crippen LogP contribution in [0.25, 0.3) is 0 Å². The number of aryl methyl sites for hydroxylation is 1. The number of amides is 3. The van der Waals surface area contributed by atoms with Crippen LogP contribution in [0.5, 0.6) is 5.75 Å². The van der Waals surface area contributed by atoms with Gasteiger partial charge in [0, 0.05) is 40.3 Å². The summed E-state index contributed by atoms with van der Waals surface area (Å²) >= 11 is 2.81. The van der Waals surface area contributed by atoms with Gasteiger partial charge in [-0.25, -0.2) is 0 Å². The van der Waals surface area contributed by atoms with Crippen molar-refractivity contribution in [1.29, 1.82) is 0 Å². The molecule has 1 saturated heterocycles. The Hall–Kier alpha value is -3.90. The van der Waals surface area contributed by atoms with E-state index in [9.17, 15) is 24.0 Å². The van der Waals surface area contributed by atoms with Crippen LogP contribution in [0, 0.1) is 36.5 Å². The van der Waals surface area contributed by atoms with E-state index in [0.717, 1.165) is 27.5 Å². The van der Waals surface area contributed by atoms with Gasteiger partial charge in [0.1, 0.15) is 5.75 Å². The van der Waals surface area contributed by atoms with Crippen molar-refractivity contribution in [2.24, 2.45) is 29.6 Å². The molecule has 10 nitrogen and oxygen atoms in total. The van der Waals surface area contributed by atoms with Crippen LogP contribution in [0.3, 0.4) is 0 Å². The second kappa shape index (κ2) is 12.4. The normalized spacial score (nSPS) is 27.3. The van der Waals surface area contributed by atoms with Crippen molar-refractivity contribution in [3.05, 3.63) is 74.2 Å². The van der Waals surface area contributed by atoms with Crippen molar-refractivity contribution in [3.63, 3.8) is 0 Å². The highest BCUT2D eigenvalue weighted by Gasteiger charge is 2.69. The first-order chi connectivity index (χ1) is 22.2. The van der Waals surface area contributed by atoms with E-state index in [4.69, 9.17) is 9.84 Å². The van der Waals surface area contributed by atoms with Crippen molar-refractivity contribution in [2.75, 3.05) is 18.5 Å². The second-order valence-electron chi connectivity index (χ2n) is 12.7. The summed E-state index contributed by atoms with van der Waals surface area (Å²) in [7, 11) is 0. The molecule has 12 heteroatoms. The van der Waals surface area contributed by atoms with Crippen LogP contribution in [-0.4, -0.2) is 57.1 Å². The predicted octanol–water partition coefficient (Wildman–Crippen LogP) is 4.88. The number of aliphatic carboxylic acids is 1. The Labute approximate surface area is 273 Å². The largest absolute Gasteiger partial charge is 0.483 e. The minimum absolute atomic E-state index is 0.00544. The molecule has 3 amide bonds. The zero-order chi connectivity index (χ0) is 32.1. The van der Waals surface area contributed by atoms with Crippen LogP contribution in [0.2, 0.25) is 0 Å². The number of rotatable bonds is 11. The third-order valence-corrected chi connectivity index (χ3v) is 12.6. The van der Waals surface area contributed by atoms with Gasteiger partial charge in [-0.15, -0.1) is 11.8 Å². The zero-order valence-electron chi connectivity index (χ0n) is 25.3. The molecule has 1 aromatic heterocycles. The topological polar surface area (TPSA) is 146 Å². The number of likely N-dealkylation sites (tertiary alicyclic amines) is 1. The molecular formula is C34H35N3O7S2. The lowest BCUT2D eigenvalue weighted by atomic mass is 9.68. The number of aromatic amines is 1. The van der Waals surface area contributed by atoms with E-state index in [1.165, 1.54) is 16.2 Å². The van der Waals surface area contributed by atoms with Crippen molar-refractivity contribution in [2.45, 2.75) is 55.2 Å². The summed E-state index contributed by atoms with van der Waals surface area (Å²) in [6.07, 6.45) is 2.60. The van der Waals surface area contributed by atoms with Crippen LogP contribution in [-0.2, 0) is 19.2 Å². The minimum Gasteiger partial charge on any atom is -0.483 e. The summed E-state index contributed by atoms with van der Waals surface area (Å²) in [5, 5.41) is 12.6. The number of aromatic nitrogens is 1. The van der Waals surface area contributed by atoms with E-state index in [1.54, 1.807) is 11.8 Å². The molecule has 3 heterocycles. The first kappa shape index (κ1) is 30.7. The number of imide groups is 1. The van der Waals surface area contributed by atoms with Crippen LogP contribution < -0.4 is 14.9 Å². The highest BCUT2D eigenvalue weighted by Crippen LogP contribution is 2.69. The number of nitrogens with zero attached hydrogens (tertiary/aromatic N) is 1. The van der Waals surface area contributed by atoms with E-state index >= 15 is 0 Å². The summed E-state index contributed by atoms with van der Waals surface area (Å²) < 4.78 is 6.15. The number of unbranched alkanes of at least 4 members (excludes halogenated alkanes) is 2. The molecule has 0 radical (unpaired) electrons. The lowest BCUT2D eigenvalue weighted by Crippen LogP contribution is -2.42. The van der Waals surface area contributed by atoms with Gasteiger partial charge < -0.3 is 20.1 Å². The van der Waals surface area contributed by atoms with Gasteiger partial charge in [-0.1, -0.05) is 53.7 Å². The van der Waals surface area contributed by atoms with Crippen LogP contribution >= 0.6 is 23.1 Å². The molecule has 3 aromatic rings. The summed E-state index contributed by atoms with van der Waals surface area (Å²) in [6, 6.07) is 15.1. The van der Waals surface area contributed by atoms with Gasteiger partial charge >= 0.3 is 10.8 Å². The van der Waals surface area contributed by atoms with Gasteiger partial charge in [0.2, 0.25) is 11.8 Å². The molecule has 6 unspecified atom stereocenters. The van der Waals surface area contributed by atoms with Gasteiger partial charge in [0.25, 0.3) is 5.91 Å². The number of carbonyl (C=O) groups excluding carboxylic acids is 3. The Balaban J connectivity index is 1.14. The average Bonchev–Trinajstić information content (AvgIpc) is 3.77. The Morgan fingerprint density at radius 3 is 2.50 bits per heavy atom. The number of para-hydroxylation sites is 1. The minimum atomic E-state index is -0.846. The fourth-order valence-corrected chi connectivity index (χ4v) is 11.1. The smallest absolute Gasteiger partial charge is 0.305 e. The standard InChI is InChI=1S/C34H35N3O7S2/c1-17-10-12-18(13-11-17)35-23(38)16-44-22-8-5-4-7-19(22)25-26-20-15-21(29(26)45-31-30(25)46-34(43)36-31)28-27(20)32(41)37(33(28)42)14-6-2-3-9-24(39)40/h4-5,7-8,10-13,20-21,25-29H,2-3,6,9,14-16H2,1H3,(H,35,38)(H,36,43)(H,39,40)/t20?,21?,25-,26?,27?,28?,29?/m1/s1. The number of carbonyl (C=O) groups is 4. The number of nitrogens with one attached hydrogen (secondary N) is 2. The molecule has 46 heavy (non-hydrogen) atoms. The SMILES string of the molecule is Cc1ccc(NC(=O)COc2ccccc2[C@H]2c3sc(=O)[nH]c3SC3C4CC(C5C(=O)N(CCCCCC(=O)O)C(=O)C45)C32)cc1. The molecule has 0 spiro atoms. The predicted molar refractivity (Wildman–Crippen MR) is 173 cm³/mol. The molecule has 2 aliphatic carbocycles. The molecule has 7 atom stereocenters. The molecule has 2 bridgehead atoms. The van der Waals surface area contributed by atoms with Crippen LogP contribution in [0.1, 0.15) is 54.0 Å². The van der Waals surface area contributed by atoms with Crippen LogP contribution in [0.4, 0.5) is 5.69 Å². The van der Waals surface area contributed by atoms with Crippen molar-refractivity contribution >= 4 is 52.5 Å². The van der Waals surface area contributed by atoms with Crippen LogP contribution in [0.15, 0.2) is 58.4 Å². The highest BCUT2D eigenvalue weighted by molar-refractivity contribution is 8.00. The number of carboxylic acid groups (broad SMARTS) is 1. The Morgan fingerprint density at radius 2 is 1.74 bits per heavy atom. The summed E-state index contributed by atoms with van der Waals surface area (Å²) in [5.74, 6) is -1.82. The fourth-order valence-electron chi connectivity index (χ4n) is 8.22. The maximum atomic E-state index is 13.8. The maximum Gasteiger partial charge on any atom is 0.305 e. The molecule has 2 saturated carbocycles. The van der Waals surface area contributed by atoms with E-state index < -0.39 is 11.9 Å². The molecule has 2 aromatic carbocycles. The van der Waals surface area contributed by atoms with Gasteiger partial charge in [-0.2, -0.15) is 0 Å². The maximum absolute atomic E-state index is 13.8. The number of H-pyrrole nitrogens is 1. The Kier molecular flexibility index (Phi) is 8.26. The first-order valence-electron chi connectivity index (χ1n) is 15.8. The summed E-state index contributed by atoms with van der Waals surface area (Å²) in [4.78, 5) is 69.1. The van der Waals surface area contributed by atoms with Crippen molar-refractivity contribution in [1.82, 2.24) is 9.88 Å². The van der Waals surface area contributed by atoms with Crippen molar-refractivity contribution < 1.29 is 29.0 Å². The second-order valence-corrected chi connectivity index (χ2v) is 14.9. The average molecular weight is 662 g/mol. The van der Waals surface area contributed by atoms with Crippen molar-refractivity contribution in [3.8, 4) is 5.75 Å². The molecule has 240 valence electrons. The number of thiazole rings is 1. The number of carboxylic acids is 1. The first-order valence-corrected chi connectivity index (χ1v) is 17.5. The van der Waals surface area contributed by atoms with E-state index in [-0.39, 0.29) is 70.5 Å². The third kappa shape index (κ3) is 5.45. The number of hydrogen-bond acceptors (Lipinski definition) is 8. The lowest BCUT2D eigenvalue weighted by Gasteiger charge is -2.43. The monoisotopic (exact) mass is 661 g/mol. The zero-order valence-corrected chi connectivity index (χ0v) is 26.9. The highest BCUT2D eigenvalue weighted by atomic mass is 32.2.